The van der Waals surface area contributed by atoms with Crippen molar-refractivity contribution in [2.24, 2.45) is 0 Å². The van der Waals surface area contributed by atoms with Gasteiger partial charge in [0.1, 0.15) is 0 Å². The van der Waals surface area contributed by atoms with E-state index in [0.717, 1.165) is 11.6 Å². The van der Waals surface area contributed by atoms with E-state index in [0.29, 0.717) is 17.7 Å². The van der Waals surface area contributed by atoms with Crippen molar-refractivity contribution in [1.82, 2.24) is 4.90 Å². The molecule has 21 heavy (non-hydrogen) atoms. The van der Waals surface area contributed by atoms with E-state index in [9.17, 15) is 8.78 Å². The Hall–Kier alpha value is -2.25. The van der Waals surface area contributed by atoms with Gasteiger partial charge in [-0.3, -0.25) is 4.90 Å². The van der Waals surface area contributed by atoms with Crippen molar-refractivity contribution in [3.05, 3.63) is 70.8 Å². The summed E-state index contributed by atoms with van der Waals surface area (Å²) >= 11 is 0. The lowest BCUT2D eigenvalue weighted by Gasteiger charge is -2.25. The first-order valence-corrected chi connectivity index (χ1v) is 6.66. The fraction of sp³-hybridized carbons (Fsp3) is 0.235. The molecule has 4 heteroatoms. The number of halogens is 2. The lowest BCUT2D eigenvalue weighted by Crippen LogP contribution is -2.22. The number of hydrogen-bond acceptors (Lipinski definition) is 2. The number of nitrogens with zero attached hydrogens (tertiary/aromatic N) is 2. The van der Waals surface area contributed by atoms with E-state index in [1.165, 1.54) is 6.07 Å². The van der Waals surface area contributed by atoms with Crippen molar-refractivity contribution < 1.29 is 8.78 Å². The average Bonchev–Trinajstić information content (AvgIpc) is 2.49. The lowest BCUT2D eigenvalue weighted by atomic mass is 10.0. The molecule has 0 heterocycles. The van der Waals surface area contributed by atoms with Crippen LogP contribution < -0.4 is 0 Å². The maximum Gasteiger partial charge on any atom is 0.159 e. The van der Waals surface area contributed by atoms with Crippen LogP contribution in [0.2, 0.25) is 0 Å². The summed E-state index contributed by atoms with van der Waals surface area (Å²) in [6.07, 6.45) is 0. The molecule has 0 aliphatic heterocycles. The molecule has 0 aromatic heterocycles. The van der Waals surface area contributed by atoms with Crippen LogP contribution in [0.15, 0.2) is 42.5 Å². The lowest BCUT2D eigenvalue weighted by molar-refractivity contribution is 0.252. The van der Waals surface area contributed by atoms with Crippen molar-refractivity contribution in [1.29, 1.82) is 5.26 Å². The van der Waals surface area contributed by atoms with Gasteiger partial charge in [-0.2, -0.15) is 5.26 Å². The Balaban J connectivity index is 2.17. The summed E-state index contributed by atoms with van der Waals surface area (Å²) in [7, 11) is 1.89. The summed E-state index contributed by atoms with van der Waals surface area (Å²) in [5.41, 5.74) is 2.24. The maximum absolute atomic E-state index is 13.3. The SMILES string of the molecule is CC(c1ccc(F)c(F)c1)N(C)Cc1ccccc1C#N. The summed E-state index contributed by atoms with van der Waals surface area (Å²) in [5, 5.41) is 9.09. The van der Waals surface area contributed by atoms with Crippen molar-refractivity contribution in [2.45, 2.75) is 19.5 Å². The molecule has 2 aromatic carbocycles. The molecule has 0 saturated heterocycles. The van der Waals surface area contributed by atoms with Gasteiger partial charge in [-0.15, -0.1) is 0 Å². The zero-order chi connectivity index (χ0) is 15.4. The Labute approximate surface area is 123 Å². The molecule has 1 atom stereocenters. The van der Waals surface area contributed by atoms with Gasteiger partial charge in [-0.25, -0.2) is 8.78 Å². The molecule has 0 amide bonds. The molecule has 0 fully saturated rings. The molecular formula is C17H16F2N2. The Morgan fingerprint density at radius 2 is 1.86 bits per heavy atom. The summed E-state index contributed by atoms with van der Waals surface area (Å²) in [6, 6.07) is 13.4. The molecule has 0 N–H and O–H groups in total. The van der Waals surface area contributed by atoms with Gasteiger partial charge in [-0.05, 0) is 43.3 Å². The van der Waals surface area contributed by atoms with Crippen molar-refractivity contribution >= 4 is 0 Å². The molecule has 2 rings (SSSR count). The van der Waals surface area contributed by atoms with Crippen molar-refractivity contribution in [3.8, 4) is 6.07 Å². The predicted octanol–water partition coefficient (Wildman–Crippen LogP) is 4.03. The minimum atomic E-state index is -0.844. The fourth-order valence-electron chi connectivity index (χ4n) is 2.20. The van der Waals surface area contributed by atoms with E-state index < -0.39 is 11.6 Å². The second-order valence-electron chi connectivity index (χ2n) is 5.03. The number of hydrogen-bond donors (Lipinski definition) is 0. The van der Waals surface area contributed by atoms with E-state index >= 15 is 0 Å². The van der Waals surface area contributed by atoms with Gasteiger partial charge in [-0.1, -0.05) is 24.3 Å². The molecule has 108 valence electrons. The van der Waals surface area contributed by atoms with Crippen molar-refractivity contribution in [2.75, 3.05) is 7.05 Å². The third-order valence-electron chi connectivity index (χ3n) is 3.64. The largest absolute Gasteiger partial charge is 0.295 e. The molecule has 2 nitrogen and oxygen atoms in total. The van der Waals surface area contributed by atoms with Crippen LogP contribution in [0, 0.1) is 23.0 Å². The van der Waals surface area contributed by atoms with Crippen LogP contribution in [0.3, 0.4) is 0 Å². The van der Waals surface area contributed by atoms with Gasteiger partial charge in [0.15, 0.2) is 11.6 Å². The van der Waals surface area contributed by atoms with Crippen LogP contribution in [-0.2, 0) is 6.54 Å². The zero-order valence-electron chi connectivity index (χ0n) is 12.0. The number of nitriles is 1. The van der Waals surface area contributed by atoms with E-state index in [4.69, 9.17) is 5.26 Å². The minimum absolute atomic E-state index is 0.0909. The van der Waals surface area contributed by atoms with E-state index in [2.05, 4.69) is 6.07 Å². The van der Waals surface area contributed by atoms with Crippen LogP contribution in [0.25, 0.3) is 0 Å². The number of benzene rings is 2. The van der Waals surface area contributed by atoms with Crippen LogP contribution >= 0.6 is 0 Å². The minimum Gasteiger partial charge on any atom is -0.295 e. The van der Waals surface area contributed by atoms with Crippen LogP contribution in [0.1, 0.15) is 29.7 Å². The third-order valence-corrected chi connectivity index (χ3v) is 3.64. The van der Waals surface area contributed by atoms with E-state index in [1.807, 2.05) is 37.1 Å². The highest BCUT2D eigenvalue weighted by molar-refractivity contribution is 5.37. The Morgan fingerprint density at radius 1 is 1.14 bits per heavy atom. The van der Waals surface area contributed by atoms with E-state index in [-0.39, 0.29) is 6.04 Å². The number of rotatable bonds is 4. The molecule has 0 aliphatic carbocycles. The first-order chi connectivity index (χ1) is 10.0. The van der Waals surface area contributed by atoms with Crippen LogP contribution in [-0.4, -0.2) is 11.9 Å². The van der Waals surface area contributed by atoms with Crippen LogP contribution in [0.5, 0.6) is 0 Å². The molecule has 0 spiro atoms. The summed E-state index contributed by atoms with van der Waals surface area (Å²) < 4.78 is 26.3. The molecular weight excluding hydrogens is 270 g/mol. The van der Waals surface area contributed by atoms with E-state index in [1.54, 1.807) is 12.1 Å². The van der Waals surface area contributed by atoms with Gasteiger partial charge in [0, 0.05) is 12.6 Å². The van der Waals surface area contributed by atoms with Gasteiger partial charge in [0.25, 0.3) is 0 Å². The highest BCUT2D eigenvalue weighted by Crippen LogP contribution is 2.23. The van der Waals surface area contributed by atoms with Gasteiger partial charge in [0.05, 0.1) is 11.6 Å². The fourth-order valence-corrected chi connectivity index (χ4v) is 2.20. The Morgan fingerprint density at radius 3 is 2.52 bits per heavy atom. The standard InChI is InChI=1S/C17H16F2N2/c1-12(13-7-8-16(18)17(19)9-13)21(2)11-15-6-4-3-5-14(15)10-20/h3-9,12H,11H2,1-2H3. The summed E-state index contributed by atoms with van der Waals surface area (Å²) in [4.78, 5) is 1.99. The zero-order valence-corrected chi connectivity index (χ0v) is 12.0. The second-order valence-corrected chi connectivity index (χ2v) is 5.03. The Kier molecular flexibility index (Phi) is 4.66. The molecule has 0 saturated carbocycles. The normalized spacial score (nSPS) is 12.2. The first-order valence-electron chi connectivity index (χ1n) is 6.66. The summed E-state index contributed by atoms with van der Waals surface area (Å²) in [5.74, 6) is -1.69. The second kappa shape index (κ2) is 6.47. The van der Waals surface area contributed by atoms with Crippen molar-refractivity contribution in [3.63, 3.8) is 0 Å². The third kappa shape index (κ3) is 3.45. The molecule has 1 unspecified atom stereocenters. The first kappa shape index (κ1) is 15.1. The smallest absolute Gasteiger partial charge is 0.159 e. The van der Waals surface area contributed by atoms with Crippen LogP contribution in [0.4, 0.5) is 8.78 Å². The quantitative estimate of drug-likeness (QED) is 0.848. The molecule has 0 bridgehead atoms. The molecule has 0 radical (unpaired) electrons. The monoisotopic (exact) mass is 286 g/mol. The highest BCUT2D eigenvalue weighted by atomic mass is 19.2. The highest BCUT2D eigenvalue weighted by Gasteiger charge is 2.15. The maximum atomic E-state index is 13.3. The Bertz CT molecular complexity index is 677. The van der Waals surface area contributed by atoms with Gasteiger partial charge in [0.2, 0.25) is 0 Å². The van der Waals surface area contributed by atoms with Gasteiger partial charge < -0.3 is 0 Å². The molecule has 2 aromatic rings. The average molecular weight is 286 g/mol. The predicted molar refractivity (Wildman–Crippen MR) is 77.4 cm³/mol. The molecule has 0 aliphatic rings. The summed E-state index contributed by atoms with van der Waals surface area (Å²) in [6.45, 7) is 2.48. The topological polar surface area (TPSA) is 27.0 Å². The van der Waals surface area contributed by atoms with Gasteiger partial charge >= 0.3 is 0 Å².